The maximum absolute atomic E-state index is 14.6. The van der Waals surface area contributed by atoms with Crippen LogP contribution in [-0.4, -0.2) is 44.7 Å². The lowest BCUT2D eigenvalue weighted by Crippen LogP contribution is -2.29. The number of aromatic nitrogens is 4. The fourth-order valence-corrected chi connectivity index (χ4v) is 4.88. The number of benzene rings is 1. The molecule has 2 aromatic heterocycles. The average Bonchev–Trinajstić information content (AvgIpc) is 3.19. The minimum Gasteiger partial charge on any atom is -0.381 e. The number of amides is 1. The Morgan fingerprint density at radius 2 is 1.91 bits per heavy atom. The van der Waals surface area contributed by atoms with Crippen LogP contribution in [0.2, 0.25) is 0 Å². The third kappa shape index (κ3) is 4.68. The molecule has 1 aromatic carbocycles. The third-order valence-corrected chi connectivity index (χ3v) is 6.82. The van der Waals surface area contributed by atoms with E-state index >= 15 is 0 Å². The number of nitrogens with two attached hydrogens (primary N) is 1. The normalized spacial score (nSPS) is 21.5. The summed E-state index contributed by atoms with van der Waals surface area (Å²) in [6, 6.07) is 5.37. The molecule has 0 radical (unpaired) electrons. The Morgan fingerprint density at radius 3 is 2.62 bits per heavy atom. The first-order valence-corrected chi connectivity index (χ1v) is 11.9. The lowest BCUT2D eigenvalue weighted by molar-refractivity contribution is -0.122. The number of rotatable bonds is 6. The van der Waals surface area contributed by atoms with E-state index in [1.54, 1.807) is 12.3 Å². The monoisotopic (exact) mass is 467 g/mol. The fraction of sp³-hybridized carbons (Fsp3) is 0.500. The van der Waals surface area contributed by atoms with Gasteiger partial charge in [0.1, 0.15) is 11.3 Å². The summed E-state index contributed by atoms with van der Waals surface area (Å²) in [5.41, 5.74) is 8.05. The molecule has 2 aliphatic rings. The van der Waals surface area contributed by atoms with Gasteiger partial charge in [-0.1, -0.05) is 6.07 Å². The third-order valence-electron chi connectivity index (χ3n) is 6.82. The fourth-order valence-electron chi connectivity index (χ4n) is 4.88. The van der Waals surface area contributed by atoms with Crippen molar-refractivity contribution < 1.29 is 13.9 Å². The van der Waals surface area contributed by atoms with Crippen molar-refractivity contribution in [2.24, 2.45) is 11.7 Å². The number of nitrogens with one attached hydrogen (secondary N) is 2. The van der Waals surface area contributed by atoms with Gasteiger partial charge in [-0.3, -0.25) is 9.36 Å². The Morgan fingerprint density at radius 1 is 1.15 bits per heavy atom. The number of hydrogen-bond donors (Lipinski definition) is 3. The highest BCUT2D eigenvalue weighted by Crippen LogP contribution is 2.37. The van der Waals surface area contributed by atoms with Gasteiger partial charge in [-0.05, 0) is 63.1 Å². The van der Waals surface area contributed by atoms with E-state index < -0.39 is 0 Å². The molecule has 1 saturated heterocycles. The van der Waals surface area contributed by atoms with Crippen LogP contribution in [0.1, 0.15) is 50.1 Å². The van der Waals surface area contributed by atoms with Crippen molar-refractivity contribution >= 4 is 34.7 Å². The van der Waals surface area contributed by atoms with Crippen molar-refractivity contribution in [1.82, 2.24) is 19.5 Å². The van der Waals surface area contributed by atoms with Crippen molar-refractivity contribution in [2.75, 3.05) is 23.8 Å². The standard InChI is InChI=1S/C24H30FN7O2/c1-14-2-7-19(18(25)12-14)29-24-30-20-13-27-23(28-16-8-10-34-11-9-16)31-22(20)32(24)17-5-3-15(4-6-17)21(26)33/h2,7,12-13,15-17H,3-6,8-11H2,1H3,(H2,26,33)(H,29,30)(H,27,28,31)/t15-,17+. The molecule has 3 aromatic rings. The van der Waals surface area contributed by atoms with Crippen molar-refractivity contribution in [2.45, 2.75) is 57.5 Å². The molecular formula is C24H30FN7O2. The van der Waals surface area contributed by atoms with Crippen molar-refractivity contribution in [1.29, 1.82) is 0 Å². The summed E-state index contributed by atoms with van der Waals surface area (Å²) < 4.78 is 22.1. The molecule has 5 rings (SSSR count). The highest BCUT2D eigenvalue weighted by Gasteiger charge is 2.29. The van der Waals surface area contributed by atoms with Crippen LogP contribution >= 0.6 is 0 Å². The van der Waals surface area contributed by atoms with E-state index in [1.807, 2.05) is 17.6 Å². The molecule has 0 atom stereocenters. The summed E-state index contributed by atoms with van der Waals surface area (Å²) in [6.45, 7) is 3.29. The number of aryl methyl sites for hydroxylation is 1. The second kappa shape index (κ2) is 9.54. The maximum atomic E-state index is 14.6. The van der Waals surface area contributed by atoms with E-state index in [4.69, 9.17) is 20.4 Å². The van der Waals surface area contributed by atoms with E-state index in [2.05, 4.69) is 15.6 Å². The Bertz CT molecular complexity index is 1180. The van der Waals surface area contributed by atoms with Crippen LogP contribution in [0, 0.1) is 18.7 Å². The number of halogens is 1. The van der Waals surface area contributed by atoms with Crippen LogP contribution in [0.25, 0.3) is 11.2 Å². The number of imidazole rings is 1. The highest BCUT2D eigenvalue weighted by atomic mass is 19.1. The predicted molar refractivity (Wildman–Crippen MR) is 127 cm³/mol. The lowest BCUT2D eigenvalue weighted by atomic mass is 9.85. The predicted octanol–water partition coefficient (Wildman–Crippen LogP) is 3.82. The summed E-state index contributed by atoms with van der Waals surface area (Å²) in [4.78, 5) is 25.7. The van der Waals surface area contributed by atoms with E-state index in [0.29, 0.717) is 41.6 Å². The Kier molecular flexibility index (Phi) is 6.32. The van der Waals surface area contributed by atoms with Gasteiger partial charge >= 0.3 is 0 Å². The lowest BCUT2D eigenvalue weighted by Gasteiger charge is -2.29. The van der Waals surface area contributed by atoms with E-state index in [0.717, 1.165) is 44.5 Å². The molecule has 10 heteroatoms. The van der Waals surface area contributed by atoms with Crippen LogP contribution in [0.4, 0.5) is 22.0 Å². The molecule has 1 amide bonds. The number of hydrogen-bond acceptors (Lipinski definition) is 7. The van der Waals surface area contributed by atoms with Crippen LogP contribution in [0.15, 0.2) is 24.4 Å². The van der Waals surface area contributed by atoms with Gasteiger partial charge in [0.2, 0.25) is 17.8 Å². The molecule has 2 fully saturated rings. The largest absolute Gasteiger partial charge is 0.381 e. The van der Waals surface area contributed by atoms with Gasteiger partial charge in [-0.15, -0.1) is 0 Å². The zero-order chi connectivity index (χ0) is 23.7. The van der Waals surface area contributed by atoms with Gasteiger partial charge in [-0.2, -0.15) is 4.98 Å². The van der Waals surface area contributed by atoms with Crippen LogP contribution in [0.5, 0.6) is 0 Å². The molecule has 1 aliphatic heterocycles. The molecule has 1 aliphatic carbocycles. The summed E-state index contributed by atoms with van der Waals surface area (Å²) in [7, 11) is 0. The number of ether oxygens (including phenoxy) is 1. The molecule has 180 valence electrons. The Balaban J connectivity index is 1.50. The van der Waals surface area contributed by atoms with Gasteiger partial charge < -0.3 is 21.1 Å². The molecule has 0 bridgehead atoms. The van der Waals surface area contributed by atoms with Crippen molar-refractivity contribution in [3.63, 3.8) is 0 Å². The van der Waals surface area contributed by atoms with Gasteiger partial charge in [0.25, 0.3) is 0 Å². The number of carbonyl (C=O) groups is 1. The minimum absolute atomic E-state index is 0.0578. The smallest absolute Gasteiger partial charge is 0.224 e. The first kappa shape index (κ1) is 22.5. The highest BCUT2D eigenvalue weighted by molar-refractivity contribution is 5.78. The summed E-state index contributed by atoms with van der Waals surface area (Å²) in [6.07, 6.45) is 6.43. The molecule has 0 spiro atoms. The molecular weight excluding hydrogens is 437 g/mol. The average molecular weight is 468 g/mol. The number of nitrogens with zero attached hydrogens (tertiary/aromatic N) is 4. The summed E-state index contributed by atoms with van der Waals surface area (Å²) in [5, 5.41) is 6.58. The number of carbonyl (C=O) groups excluding carboxylic acids is 1. The first-order chi connectivity index (χ1) is 16.5. The Hall–Kier alpha value is -3.27. The zero-order valence-electron chi connectivity index (χ0n) is 19.3. The maximum Gasteiger partial charge on any atom is 0.224 e. The van der Waals surface area contributed by atoms with Crippen molar-refractivity contribution in [3.8, 4) is 0 Å². The van der Waals surface area contributed by atoms with Crippen LogP contribution in [-0.2, 0) is 9.53 Å². The topological polar surface area (TPSA) is 120 Å². The summed E-state index contributed by atoms with van der Waals surface area (Å²) in [5.74, 6) is 0.345. The number of primary amides is 1. The molecule has 0 unspecified atom stereocenters. The zero-order valence-corrected chi connectivity index (χ0v) is 19.3. The van der Waals surface area contributed by atoms with Crippen molar-refractivity contribution in [3.05, 3.63) is 35.8 Å². The van der Waals surface area contributed by atoms with E-state index in [-0.39, 0.29) is 29.7 Å². The number of anilines is 3. The van der Waals surface area contributed by atoms with Gasteiger partial charge in [0.05, 0.1) is 11.9 Å². The van der Waals surface area contributed by atoms with Gasteiger partial charge in [0, 0.05) is 31.2 Å². The summed E-state index contributed by atoms with van der Waals surface area (Å²) >= 11 is 0. The molecule has 3 heterocycles. The quantitative estimate of drug-likeness (QED) is 0.504. The Labute approximate surface area is 197 Å². The number of fused-ring (bicyclic) bond motifs is 1. The van der Waals surface area contributed by atoms with E-state index in [1.165, 1.54) is 6.07 Å². The molecule has 9 nitrogen and oxygen atoms in total. The van der Waals surface area contributed by atoms with E-state index in [9.17, 15) is 9.18 Å². The van der Waals surface area contributed by atoms with Gasteiger partial charge in [0.15, 0.2) is 5.65 Å². The van der Waals surface area contributed by atoms with Gasteiger partial charge in [-0.25, -0.2) is 14.4 Å². The van der Waals surface area contributed by atoms with Crippen LogP contribution < -0.4 is 16.4 Å². The first-order valence-electron chi connectivity index (χ1n) is 11.9. The second-order valence-corrected chi connectivity index (χ2v) is 9.25. The van der Waals surface area contributed by atoms with Crippen LogP contribution in [0.3, 0.4) is 0 Å². The molecule has 34 heavy (non-hydrogen) atoms. The molecule has 1 saturated carbocycles. The second-order valence-electron chi connectivity index (χ2n) is 9.25. The SMILES string of the molecule is Cc1ccc(Nc2nc3cnc(NC4CCOCC4)nc3n2[C@H]2CC[C@@H](C(N)=O)CC2)c(F)c1. The molecule has 4 N–H and O–H groups in total. The minimum atomic E-state index is -0.344.